The SMILES string of the molecule is COc1cccc(OC)c1OC(=O)/C=C/c1ccc(Cl)c(Cl)c1. The van der Waals surface area contributed by atoms with Crippen LogP contribution in [0.4, 0.5) is 0 Å². The number of carbonyl (C=O) groups excluding carboxylic acids is 1. The van der Waals surface area contributed by atoms with Gasteiger partial charge in [-0.05, 0) is 35.9 Å². The predicted octanol–water partition coefficient (Wildman–Crippen LogP) is 4.63. The molecule has 0 aromatic heterocycles. The summed E-state index contributed by atoms with van der Waals surface area (Å²) in [6.07, 6.45) is 2.86. The van der Waals surface area contributed by atoms with Gasteiger partial charge in [-0.3, -0.25) is 0 Å². The number of benzene rings is 2. The summed E-state index contributed by atoms with van der Waals surface area (Å²) >= 11 is 11.8. The van der Waals surface area contributed by atoms with E-state index in [2.05, 4.69) is 0 Å². The van der Waals surface area contributed by atoms with Gasteiger partial charge in [0, 0.05) is 6.08 Å². The van der Waals surface area contributed by atoms with E-state index in [9.17, 15) is 4.79 Å². The van der Waals surface area contributed by atoms with Crippen molar-refractivity contribution in [1.29, 1.82) is 0 Å². The first kappa shape index (κ1) is 17.2. The van der Waals surface area contributed by atoms with Gasteiger partial charge in [-0.2, -0.15) is 0 Å². The molecule has 0 bridgehead atoms. The minimum atomic E-state index is -0.570. The minimum absolute atomic E-state index is 0.223. The summed E-state index contributed by atoms with van der Waals surface area (Å²) < 4.78 is 15.6. The number of halogens is 2. The molecule has 0 heterocycles. The topological polar surface area (TPSA) is 44.8 Å². The second-order valence-corrected chi connectivity index (χ2v) is 5.23. The summed E-state index contributed by atoms with van der Waals surface area (Å²) in [7, 11) is 2.97. The maximum atomic E-state index is 12.0. The molecule has 0 amide bonds. The molecule has 0 atom stereocenters. The third kappa shape index (κ3) is 4.41. The molecule has 120 valence electrons. The Morgan fingerprint density at radius 3 is 2.22 bits per heavy atom. The lowest BCUT2D eigenvalue weighted by Crippen LogP contribution is -2.06. The molecule has 0 N–H and O–H groups in total. The molecule has 2 rings (SSSR count). The maximum absolute atomic E-state index is 12.0. The van der Waals surface area contributed by atoms with Crippen LogP contribution in [0.15, 0.2) is 42.5 Å². The van der Waals surface area contributed by atoms with Crippen LogP contribution in [-0.4, -0.2) is 20.2 Å². The molecule has 2 aromatic carbocycles. The van der Waals surface area contributed by atoms with Crippen LogP contribution in [0.3, 0.4) is 0 Å². The van der Waals surface area contributed by atoms with Crippen LogP contribution >= 0.6 is 23.2 Å². The highest BCUT2D eigenvalue weighted by Crippen LogP contribution is 2.36. The zero-order chi connectivity index (χ0) is 16.8. The molecular formula is C17H14Cl2O4. The highest BCUT2D eigenvalue weighted by molar-refractivity contribution is 6.42. The fraction of sp³-hybridized carbons (Fsp3) is 0.118. The molecule has 4 nitrogen and oxygen atoms in total. The Morgan fingerprint density at radius 2 is 1.65 bits per heavy atom. The molecule has 0 fully saturated rings. The van der Waals surface area contributed by atoms with Crippen LogP contribution < -0.4 is 14.2 Å². The van der Waals surface area contributed by atoms with Gasteiger partial charge >= 0.3 is 5.97 Å². The Hall–Kier alpha value is -2.17. The van der Waals surface area contributed by atoms with E-state index < -0.39 is 5.97 Å². The van der Waals surface area contributed by atoms with Gasteiger partial charge in [-0.1, -0.05) is 35.3 Å². The van der Waals surface area contributed by atoms with Crippen LogP contribution in [-0.2, 0) is 4.79 Å². The van der Waals surface area contributed by atoms with Crippen molar-refractivity contribution in [2.24, 2.45) is 0 Å². The number of methoxy groups -OCH3 is 2. The predicted molar refractivity (Wildman–Crippen MR) is 90.7 cm³/mol. The monoisotopic (exact) mass is 352 g/mol. The van der Waals surface area contributed by atoms with Crippen molar-refractivity contribution in [3.63, 3.8) is 0 Å². The van der Waals surface area contributed by atoms with Crippen LogP contribution in [0, 0.1) is 0 Å². The lowest BCUT2D eigenvalue weighted by Gasteiger charge is -2.11. The standard InChI is InChI=1S/C17H14Cl2O4/c1-21-14-4-3-5-15(22-2)17(14)23-16(20)9-7-11-6-8-12(18)13(19)10-11/h3-10H,1-2H3/b9-7+. The first-order chi connectivity index (χ1) is 11.0. The summed E-state index contributed by atoms with van der Waals surface area (Å²) in [5, 5.41) is 0.860. The van der Waals surface area contributed by atoms with E-state index >= 15 is 0 Å². The van der Waals surface area contributed by atoms with E-state index in [0.29, 0.717) is 21.5 Å². The number of ether oxygens (including phenoxy) is 3. The molecule has 0 saturated heterocycles. The number of rotatable bonds is 5. The maximum Gasteiger partial charge on any atom is 0.336 e. The molecule has 6 heteroatoms. The van der Waals surface area contributed by atoms with Gasteiger partial charge in [0.05, 0.1) is 24.3 Å². The number of para-hydroxylation sites is 1. The summed E-state index contributed by atoms with van der Waals surface area (Å²) in [6.45, 7) is 0. The molecule has 0 aliphatic heterocycles. The zero-order valence-electron chi connectivity index (χ0n) is 12.5. The lowest BCUT2D eigenvalue weighted by atomic mass is 10.2. The van der Waals surface area contributed by atoms with Crippen molar-refractivity contribution < 1.29 is 19.0 Å². The van der Waals surface area contributed by atoms with Crippen molar-refractivity contribution in [2.45, 2.75) is 0 Å². The van der Waals surface area contributed by atoms with E-state index in [1.165, 1.54) is 20.3 Å². The van der Waals surface area contributed by atoms with E-state index in [4.69, 9.17) is 37.4 Å². The Balaban J connectivity index is 2.16. The van der Waals surface area contributed by atoms with Gasteiger partial charge in [0.2, 0.25) is 5.75 Å². The Bertz CT molecular complexity index is 719. The molecule has 23 heavy (non-hydrogen) atoms. The first-order valence-corrected chi connectivity index (χ1v) is 7.36. The average Bonchev–Trinajstić information content (AvgIpc) is 2.56. The van der Waals surface area contributed by atoms with Gasteiger partial charge in [0.15, 0.2) is 11.5 Å². The third-order valence-electron chi connectivity index (χ3n) is 2.94. The molecule has 0 saturated carbocycles. The normalized spacial score (nSPS) is 10.6. The van der Waals surface area contributed by atoms with E-state index in [1.807, 2.05) is 0 Å². The number of hydrogen-bond acceptors (Lipinski definition) is 4. The van der Waals surface area contributed by atoms with Crippen molar-refractivity contribution in [1.82, 2.24) is 0 Å². The Morgan fingerprint density at radius 1 is 1.00 bits per heavy atom. The average molecular weight is 353 g/mol. The molecule has 0 spiro atoms. The highest BCUT2D eigenvalue weighted by atomic mass is 35.5. The summed E-state index contributed by atoms with van der Waals surface area (Å²) in [5.74, 6) is 0.460. The van der Waals surface area contributed by atoms with E-state index in [-0.39, 0.29) is 5.75 Å². The van der Waals surface area contributed by atoms with Crippen molar-refractivity contribution in [3.8, 4) is 17.2 Å². The summed E-state index contributed by atoms with van der Waals surface area (Å²) in [6, 6.07) is 10.1. The minimum Gasteiger partial charge on any atom is -0.493 e. The molecule has 0 aliphatic carbocycles. The molecule has 0 radical (unpaired) electrons. The third-order valence-corrected chi connectivity index (χ3v) is 3.68. The molecule has 0 aliphatic rings. The highest BCUT2D eigenvalue weighted by Gasteiger charge is 2.14. The second-order valence-electron chi connectivity index (χ2n) is 4.42. The molecular weight excluding hydrogens is 339 g/mol. The Labute approximate surface area is 144 Å². The number of hydrogen-bond donors (Lipinski definition) is 0. The summed E-state index contributed by atoms with van der Waals surface area (Å²) in [5.41, 5.74) is 0.725. The van der Waals surface area contributed by atoms with Crippen LogP contribution in [0.25, 0.3) is 6.08 Å². The van der Waals surface area contributed by atoms with Crippen LogP contribution in [0.1, 0.15) is 5.56 Å². The van der Waals surface area contributed by atoms with Gasteiger partial charge in [0.1, 0.15) is 0 Å². The van der Waals surface area contributed by atoms with Crippen molar-refractivity contribution in [2.75, 3.05) is 14.2 Å². The van der Waals surface area contributed by atoms with Crippen LogP contribution in [0.2, 0.25) is 10.0 Å². The van der Waals surface area contributed by atoms with Gasteiger partial charge in [-0.15, -0.1) is 0 Å². The quantitative estimate of drug-likeness (QED) is 0.447. The second kappa shape index (κ2) is 7.90. The van der Waals surface area contributed by atoms with E-state index in [1.54, 1.807) is 42.5 Å². The van der Waals surface area contributed by atoms with Gasteiger partial charge in [0.25, 0.3) is 0 Å². The van der Waals surface area contributed by atoms with Gasteiger partial charge in [-0.25, -0.2) is 4.79 Å². The zero-order valence-corrected chi connectivity index (χ0v) is 14.0. The summed E-state index contributed by atoms with van der Waals surface area (Å²) in [4.78, 5) is 12.0. The largest absolute Gasteiger partial charge is 0.493 e. The van der Waals surface area contributed by atoms with Crippen LogP contribution in [0.5, 0.6) is 17.2 Å². The molecule has 0 unspecified atom stereocenters. The smallest absolute Gasteiger partial charge is 0.336 e. The fourth-order valence-corrected chi connectivity index (χ4v) is 2.14. The van der Waals surface area contributed by atoms with Gasteiger partial charge < -0.3 is 14.2 Å². The lowest BCUT2D eigenvalue weighted by molar-refractivity contribution is -0.129. The van der Waals surface area contributed by atoms with Crippen molar-refractivity contribution >= 4 is 35.2 Å². The number of carbonyl (C=O) groups is 1. The molecule has 2 aromatic rings. The fourth-order valence-electron chi connectivity index (χ4n) is 1.83. The Kier molecular flexibility index (Phi) is 5.90. The number of esters is 1. The van der Waals surface area contributed by atoms with E-state index in [0.717, 1.165) is 5.56 Å². The first-order valence-electron chi connectivity index (χ1n) is 6.61. The van der Waals surface area contributed by atoms with Crippen molar-refractivity contribution in [3.05, 3.63) is 58.1 Å².